The first-order valence-electron chi connectivity index (χ1n) is 14.4. The van der Waals surface area contributed by atoms with E-state index in [0.717, 1.165) is 30.4 Å². The van der Waals surface area contributed by atoms with Crippen molar-refractivity contribution in [1.29, 1.82) is 0 Å². The zero-order valence-electron chi connectivity index (χ0n) is 24.2. The number of aryl methyl sites for hydroxylation is 2. The third-order valence-corrected chi connectivity index (χ3v) is 9.64. The molecule has 1 aromatic heterocycles. The van der Waals surface area contributed by atoms with Gasteiger partial charge in [0.05, 0.1) is 22.2 Å². The van der Waals surface area contributed by atoms with Gasteiger partial charge < -0.3 is 15.3 Å². The smallest absolute Gasteiger partial charge is 0.337 e. The molecule has 4 aromatic rings. The Hall–Kier alpha value is -4.35. The maximum absolute atomic E-state index is 13.8. The van der Waals surface area contributed by atoms with Crippen LogP contribution in [0.1, 0.15) is 47.3 Å². The fraction of sp³-hybridized carbons (Fsp3) is 0.312. The molecule has 11 heteroatoms. The SMILES string of the molecule is CCCc1ccc(CNC(=O)[C@H]2CN(c3cnc4c(C(=O)O)cccc4n3)CCN2S(=O)(=O)c2ccc(CC)cc2)cc1. The lowest BCUT2D eigenvalue weighted by Crippen LogP contribution is -2.60. The molecule has 2 N–H and O–H groups in total. The second-order valence-corrected chi connectivity index (χ2v) is 12.5. The number of hydrogen-bond donors (Lipinski definition) is 2. The fourth-order valence-electron chi connectivity index (χ4n) is 5.28. The summed E-state index contributed by atoms with van der Waals surface area (Å²) in [7, 11) is -3.99. The van der Waals surface area contributed by atoms with Crippen LogP contribution in [0.2, 0.25) is 0 Å². The third-order valence-electron chi connectivity index (χ3n) is 7.71. The largest absolute Gasteiger partial charge is 0.478 e. The number of amides is 1. The van der Waals surface area contributed by atoms with Crippen LogP contribution in [0.5, 0.6) is 0 Å². The van der Waals surface area contributed by atoms with Crippen LogP contribution in [0.4, 0.5) is 5.82 Å². The van der Waals surface area contributed by atoms with Gasteiger partial charge in [-0.05, 0) is 53.8 Å². The number of carboxylic acids is 1. The van der Waals surface area contributed by atoms with Gasteiger partial charge in [-0.15, -0.1) is 0 Å². The number of para-hydroxylation sites is 1. The standard InChI is InChI=1S/C32H35N5O5S/c1-3-6-23-9-11-24(12-10-23)19-34-31(38)28-21-36(29-20-33-30-26(32(39)40)7-5-8-27(30)35-29)17-18-37(28)43(41,42)25-15-13-22(4-2)14-16-25/h5,7-16,20,28H,3-4,6,17-19,21H2,1-2H3,(H,34,38)(H,39,40)/t28-/m1/s1. The van der Waals surface area contributed by atoms with Crippen LogP contribution in [0.25, 0.3) is 11.0 Å². The van der Waals surface area contributed by atoms with Crippen molar-refractivity contribution in [1.82, 2.24) is 19.6 Å². The number of fused-ring (bicyclic) bond motifs is 1. The average molecular weight is 602 g/mol. The number of aromatic nitrogens is 2. The molecule has 0 bridgehead atoms. The minimum atomic E-state index is -3.99. The third kappa shape index (κ3) is 6.52. The summed E-state index contributed by atoms with van der Waals surface area (Å²) in [4.78, 5) is 36.2. The highest BCUT2D eigenvalue weighted by Crippen LogP contribution is 2.26. The molecule has 1 atom stereocenters. The Morgan fingerprint density at radius 1 is 0.953 bits per heavy atom. The number of anilines is 1. The summed E-state index contributed by atoms with van der Waals surface area (Å²) < 4.78 is 28.9. The highest BCUT2D eigenvalue weighted by Gasteiger charge is 2.40. The molecule has 3 aromatic carbocycles. The molecule has 1 saturated heterocycles. The topological polar surface area (TPSA) is 133 Å². The van der Waals surface area contributed by atoms with E-state index in [1.165, 1.54) is 22.1 Å². The van der Waals surface area contributed by atoms with Crippen molar-refractivity contribution in [2.45, 2.75) is 50.6 Å². The number of hydrogen-bond acceptors (Lipinski definition) is 7. The minimum absolute atomic E-state index is 0.0431. The van der Waals surface area contributed by atoms with Crippen molar-refractivity contribution in [3.8, 4) is 0 Å². The second-order valence-electron chi connectivity index (χ2n) is 10.6. The van der Waals surface area contributed by atoms with Gasteiger partial charge in [-0.2, -0.15) is 4.31 Å². The van der Waals surface area contributed by atoms with Crippen LogP contribution in [0.15, 0.2) is 77.8 Å². The van der Waals surface area contributed by atoms with Crippen LogP contribution < -0.4 is 10.2 Å². The lowest BCUT2D eigenvalue weighted by atomic mass is 10.1. The Bertz CT molecular complexity index is 1730. The monoisotopic (exact) mass is 601 g/mol. The van der Waals surface area contributed by atoms with Crippen LogP contribution >= 0.6 is 0 Å². The number of carbonyl (C=O) groups excluding carboxylic acids is 1. The maximum atomic E-state index is 13.8. The van der Waals surface area contributed by atoms with Gasteiger partial charge in [0.15, 0.2) is 0 Å². The quantitative estimate of drug-likeness (QED) is 0.278. The van der Waals surface area contributed by atoms with Gasteiger partial charge in [0.1, 0.15) is 17.4 Å². The Morgan fingerprint density at radius 3 is 2.33 bits per heavy atom. The number of sulfonamides is 1. The Balaban J connectivity index is 1.42. The van der Waals surface area contributed by atoms with E-state index in [0.29, 0.717) is 11.3 Å². The summed E-state index contributed by atoms with van der Waals surface area (Å²) >= 11 is 0. The number of nitrogens with one attached hydrogen (secondary N) is 1. The number of carbonyl (C=O) groups is 2. The number of carboxylic acid groups (broad SMARTS) is 1. The van der Waals surface area contributed by atoms with Gasteiger partial charge in [0.2, 0.25) is 15.9 Å². The fourth-order valence-corrected chi connectivity index (χ4v) is 6.85. The number of benzene rings is 3. The van der Waals surface area contributed by atoms with E-state index >= 15 is 0 Å². The molecule has 10 nitrogen and oxygen atoms in total. The molecule has 2 heterocycles. The van der Waals surface area contributed by atoms with Gasteiger partial charge in [-0.25, -0.2) is 23.2 Å². The molecule has 1 aliphatic heterocycles. The molecule has 0 saturated carbocycles. The summed E-state index contributed by atoms with van der Waals surface area (Å²) in [6.45, 7) is 4.75. The lowest BCUT2D eigenvalue weighted by molar-refractivity contribution is -0.125. The first-order valence-corrected chi connectivity index (χ1v) is 15.9. The van der Waals surface area contributed by atoms with Crippen molar-refractivity contribution in [3.05, 3.63) is 95.2 Å². The van der Waals surface area contributed by atoms with Crippen LogP contribution in [-0.2, 0) is 34.2 Å². The zero-order valence-corrected chi connectivity index (χ0v) is 25.0. The molecular weight excluding hydrogens is 566 g/mol. The molecule has 0 radical (unpaired) electrons. The van der Waals surface area contributed by atoms with E-state index in [9.17, 15) is 23.1 Å². The molecule has 1 fully saturated rings. The van der Waals surface area contributed by atoms with Gasteiger partial charge in [-0.3, -0.25) is 4.79 Å². The predicted octanol–water partition coefficient (Wildman–Crippen LogP) is 4.04. The normalized spacial score (nSPS) is 15.9. The molecule has 1 aliphatic rings. The Morgan fingerprint density at radius 2 is 1.65 bits per heavy atom. The van der Waals surface area contributed by atoms with Gasteiger partial charge in [0, 0.05) is 26.2 Å². The van der Waals surface area contributed by atoms with E-state index in [-0.39, 0.29) is 42.2 Å². The molecule has 1 amide bonds. The van der Waals surface area contributed by atoms with E-state index < -0.39 is 27.9 Å². The van der Waals surface area contributed by atoms with Gasteiger partial charge in [0.25, 0.3) is 0 Å². The summed E-state index contributed by atoms with van der Waals surface area (Å²) in [5.74, 6) is -1.09. The average Bonchev–Trinajstić information content (AvgIpc) is 3.03. The lowest BCUT2D eigenvalue weighted by Gasteiger charge is -2.40. The van der Waals surface area contributed by atoms with E-state index in [4.69, 9.17) is 0 Å². The highest BCUT2D eigenvalue weighted by molar-refractivity contribution is 7.89. The number of piperazine rings is 1. The Kier molecular flexibility index (Phi) is 9.02. The molecule has 0 aliphatic carbocycles. The van der Waals surface area contributed by atoms with Crippen molar-refractivity contribution in [2.75, 3.05) is 24.5 Å². The van der Waals surface area contributed by atoms with Crippen molar-refractivity contribution in [2.24, 2.45) is 0 Å². The first-order chi connectivity index (χ1) is 20.7. The second kappa shape index (κ2) is 12.9. The van der Waals surface area contributed by atoms with E-state index in [1.807, 2.05) is 36.1 Å². The zero-order chi connectivity index (χ0) is 30.6. The minimum Gasteiger partial charge on any atom is -0.478 e. The first kappa shape index (κ1) is 30.1. The van der Waals surface area contributed by atoms with Gasteiger partial charge in [-0.1, -0.05) is 62.7 Å². The van der Waals surface area contributed by atoms with Crippen LogP contribution in [-0.4, -0.2) is 65.4 Å². The van der Waals surface area contributed by atoms with Crippen molar-refractivity contribution >= 4 is 38.8 Å². The summed E-state index contributed by atoms with van der Waals surface area (Å²) in [6, 6.07) is 18.5. The number of rotatable bonds is 10. The van der Waals surface area contributed by atoms with E-state index in [2.05, 4.69) is 22.2 Å². The predicted molar refractivity (Wildman–Crippen MR) is 164 cm³/mol. The number of nitrogens with zero attached hydrogens (tertiary/aromatic N) is 4. The molecule has 0 unspecified atom stereocenters. The molecule has 43 heavy (non-hydrogen) atoms. The summed E-state index contributed by atoms with van der Waals surface area (Å²) in [6.07, 6.45) is 4.27. The maximum Gasteiger partial charge on any atom is 0.337 e. The highest BCUT2D eigenvalue weighted by atomic mass is 32.2. The molecule has 224 valence electrons. The van der Waals surface area contributed by atoms with Crippen LogP contribution in [0, 0.1) is 0 Å². The summed E-state index contributed by atoms with van der Waals surface area (Å²) in [5, 5.41) is 12.5. The molecule has 0 spiro atoms. The van der Waals surface area contributed by atoms with Crippen LogP contribution in [0.3, 0.4) is 0 Å². The Labute approximate surface area is 251 Å². The van der Waals surface area contributed by atoms with Crippen molar-refractivity contribution in [3.63, 3.8) is 0 Å². The summed E-state index contributed by atoms with van der Waals surface area (Å²) in [5.41, 5.74) is 3.86. The molecule has 5 rings (SSSR count). The number of aromatic carboxylic acids is 1. The van der Waals surface area contributed by atoms with Gasteiger partial charge >= 0.3 is 5.97 Å². The van der Waals surface area contributed by atoms with Crippen molar-refractivity contribution < 1.29 is 23.1 Å². The van der Waals surface area contributed by atoms with E-state index in [1.54, 1.807) is 36.4 Å². The molecular formula is C32H35N5O5S.